The van der Waals surface area contributed by atoms with Crippen LogP contribution in [0.4, 0.5) is 5.69 Å². The molecule has 0 aliphatic heterocycles. The fraction of sp³-hybridized carbons (Fsp3) is 0.0833. The number of rotatable bonds is 6. The molecule has 6 nitrogen and oxygen atoms in total. The Morgan fingerprint density at radius 1 is 1.00 bits per heavy atom. The summed E-state index contributed by atoms with van der Waals surface area (Å²) in [6.07, 6.45) is 7.13. The Hall–Kier alpha value is -4.06. The molecule has 30 heavy (non-hydrogen) atoms. The molecule has 1 amide bonds. The van der Waals surface area contributed by atoms with E-state index in [1.807, 2.05) is 71.4 Å². The molecule has 150 valence electrons. The van der Waals surface area contributed by atoms with Crippen molar-refractivity contribution < 1.29 is 14.3 Å². The van der Waals surface area contributed by atoms with Crippen LogP contribution in [-0.2, 0) is 4.79 Å². The lowest BCUT2D eigenvalue weighted by molar-refractivity contribution is -0.111. The molecule has 0 bridgehead atoms. The van der Waals surface area contributed by atoms with Crippen LogP contribution in [0.3, 0.4) is 0 Å². The van der Waals surface area contributed by atoms with Gasteiger partial charge >= 0.3 is 0 Å². The van der Waals surface area contributed by atoms with Crippen LogP contribution in [0.25, 0.3) is 23.0 Å². The molecule has 0 radical (unpaired) electrons. The zero-order chi connectivity index (χ0) is 20.9. The second kappa shape index (κ2) is 8.53. The normalized spacial score (nSPS) is 11.0. The Kier molecular flexibility index (Phi) is 5.48. The number of methoxy groups -OCH3 is 2. The minimum absolute atomic E-state index is 0.225. The van der Waals surface area contributed by atoms with Gasteiger partial charge in [-0.05, 0) is 48.0 Å². The van der Waals surface area contributed by atoms with Gasteiger partial charge in [0, 0.05) is 29.7 Å². The van der Waals surface area contributed by atoms with Crippen molar-refractivity contribution in [3.05, 3.63) is 84.7 Å². The van der Waals surface area contributed by atoms with Crippen molar-refractivity contribution in [2.24, 2.45) is 0 Å². The van der Waals surface area contributed by atoms with Gasteiger partial charge in [-0.3, -0.25) is 4.79 Å². The monoisotopic (exact) mass is 399 g/mol. The van der Waals surface area contributed by atoms with E-state index in [2.05, 4.69) is 10.3 Å². The second-order valence-corrected chi connectivity index (χ2v) is 6.61. The molecular formula is C24H21N3O3. The van der Waals surface area contributed by atoms with Crippen LogP contribution in [0.2, 0.25) is 0 Å². The molecule has 0 atom stereocenters. The summed E-state index contributed by atoms with van der Waals surface area (Å²) in [5.74, 6) is 1.03. The summed E-state index contributed by atoms with van der Waals surface area (Å²) >= 11 is 0. The zero-order valence-corrected chi connectivity index (χ0v) is 16.7. The number of carbonyl (C=O) groups is 1. The predicted octanol–water partition coefficient (Wildman–Crippen LogP) is 4.67. The lowest BCUT2D eigenvalue weighted by Crippen LogP contribution is -2.07. The summed E-state index contributed by atoms with van der Waals surface area (Å²) in [5, 5.41) is 2.89. The highest BCUT2D eigenvalue weighted by Crippen LogP contribution is 2.28. The number of hydrogen-bond acceptors (Lipinski definition) is 4. The zero-order valence-electron chi connectivity index (χ0n) is 16.7. The molecule has 0 saturated heterocycles. The van der Waals surface area contributed by atoms with Gasteiger partial charge in [0.2, 0.25) is 5.91 Å². The number of nitrogens with one attached hydrogen (secondary N) is 1. The molecule has 6 heteroatoms. The molecule has 0 unspecified atom stereocenters. The largest absolute Gasteiger partial charge is 0.493 e. The van der Waals surface area contributed by atoms with Gasteiger partial charge in [-0.1, -0.05) is 24.3 Å². The van der Waals surface area contributed by atoms with E-state index in [1.54, 1.807) is 26.4 Å². The molecule has 0 aliphatic rings. The molecule has 0 saturated carbocycles. The number of aromatic nitrogens is 2. The maximum atomic E-state index is 12.4. The van der Waals surface area contributed by atoms with E-state index in [0.29, 0.717) is 17.2 Å². The lowest BCUT2D eigenvalue weighted by Gasteiger charge is -2.07. The van der Waals surface area contributed by atoms with Gasteiger partial charge in [-0.25, -0.2) is 4.98 Å². The number of fused-ring (bicyclic) bond motifs is 1. The number of benzene rings is 2. The average Bonchev–Trinajstić information content (AvgIpc) is 3.22. The van der Waals surface area contributed by atoms with E-state index in [4.69, 9.17) is 9.47 Å². The summed E-state index contributed by atoms with van der Waals surface area (Å²) in [6, 6.07) is 19.0. The first-order valence-corrected chi connectivity index (χ1v) is 9.41. The first-order valence-electron chi connectivity index (χ1n) is 9.41. The van der Waals surface area contributed by atoms with Crippen LogP contribution in [0.1, 0.15) is 5.56 Å². The molecular weight excluding hydrogens is 378 g/mol. The van der Waals surface area contributed by atoms with Crippen molar-refractivity contribution in [1.29, 1.82) is 0 Å². The van der Waals surface area contributed by atoms with Crippen LogP contribution in [0, 0.1) is 0 Å². The van der Waals surface area contributed by atoms with Gasteiger partial charge in [0.15, 0.2) is 11.5 Å². The van der Waals surface area contributed by atoms with Crippen LogP contribution >= 0.6 is 0 Å². The smallest absolute Gasteiger partial charge is 0.248 e. The van der Waals surface area contributed by atoms with Crippen molar-refractivity contribution in [2.75, 3.05) is 19.5 Å². The number of hydrogen-bond donors (Lipinski definition) is 1. The third-order valence-electron chi connectivity index (χ3n) is 4.62. The first kappa shape index (κ1) is 19.3. The Morgan fingerprint density at radius 2 is 1.87 bits per heavy atom. The second-order valence-electron chi connectivity index (χ2n) is 6.61. The quantitative estimate of drug-likeness (QED) is 0.479. The molecule has 4 aromatic rings. The fourth-order valence-electron chi connectivity index (χ4n) is 3.14. The maximum Gasteiger partial charge on any atom is 0.248 e. The molecule has 0 aliphatic carbocycles. The third-order valence-corrected chi connectivity index (χ3v) is 4.62. The van der Waals surface area contributed by atoms with Crippen LogP contribution in [0.15, 0.2) is 79.1 Å². The number of imidazole rings is 1. The minimum Gasteiger partial charge on any atom is -0.493 e. The molecule has 2 heterocycles. The SMILES string of the molecule is COc1ccc(/C=C/C(=O)Nc2cccc(-c3cn4ccccc4n3)c2)cc1OC. The number of ether oxygens (including phenoxy) is 2. The first-order chi connectivity index (χ1) is 14.7. The summed E-state index contributed by atoms with van der Waals surface area (Å²) in [5.41, 5.74) is 4.19. The third kappa shape index (κ3) is 4.17. The van der Waals surface area contributed by atoms with Gasteiger partial charge in [-0.2, -0.15) is 0 Å². The van der Waals surface area contributed by atoms with Gasteiger partial charge in [-0.15, -0.1) is 0 Å². The standard InChI is InChI=1S/C24H21N3O3/c1-29-21-11-9-17(14-22(21)30-2)10-12-24(28)25-19-7-5-6-18(15-19)20-16-27-13-4-3-8-23(27)26-20/h3-16H,1-2H3,(H,25,28)/b12-10+. The highest BCUT2D eigenvalue weighted by Gasteiger charge is 2.07. The van der Waals surface area contributed by atoms with Crippen molar-refractivity contribution in [3.8, 4) is 22.8 Å². The predicted molar refractivity (Wildman–Crippen MR) is 118 cm³/mol. The minimum atomic E-state index is -0.225. The van der Waals surface area contributed by atoms with Gasteiger partial charge < -0.3 is 19.2 Å². The summed E-state index contributed by atoms with van der Waals surface area (Å²) in [4.78, 5) is 17.0. The van der Waals surface area contributed by atoms with Gasteiger partial charge in [0.05, 0.1) is 19.9 Å². The van der Waals surface area contributed by atoms with Crippen LogP contribution in [0.5, 0.6) is 11.5 Å². The summed E-state index contributed by atoms with van der Waals surface area (Å²) < 4.78 is 12.5. The number of pyridine rings is 1. The molecule has 0 spiro atoms. The summed E-state index contributed by atoms with van der Waals surface area (Å²) in [6.45, 7) is 0. The Bertz CT molecular complexity index is 1190. The average molecular weight is 399 g/mol. The topological polar surface area (TPSA) is 64.9 Å². The van der Waals surface area contributed by atoms with Crippen molar-refractivity contribution in [1.82, 2.24) is 9.38 Å². The molecule has 2 aromatic heterocycles. The Labute approximate surface area is 174 Å². The summed E-state index contributed by atoms with van der Waals surface area (Å²) in [7, 11) is 3.16. The van der Waals surface area contributed by atoms with Crippen LogP contribution in [-0.4, -0.2) is 29.5 Å². The fourth-order valence-corrected chi connectivity index (χ4v) is 3.14. The lowest BCUT2D eigenvalue weighted by atomic mass is 10.1. The number of carbonyl (C=O) groups excluding carboxylic acids is 1. The molecule has 0 fully saturated rings. The Morgan fingerprint density at radius 3 is 2.67 bits per heavy atom. The maximum absolute atomic E-state index is 12.4. The van der Waals surface area contributed by atoms with E-state index >= 15 is 0 Å². The van der Waals surface area contributed by atoms with Crippen molar-refractivity contribution in [2.45, 2.75) is 0 Å². The van der Waals surface area contributed by atoms with E-state index in [1.165, 1.54) is 6.08 Å². The number of anilines is 1. The number of nitrogens with zero attached hydrogens (tertiary/aromatic N) is 2. The van der Waals surface area contributed by atoms with Gasteiger partial charge in [0.1, 0.15) is 5.65 Å². The van der Waals surface area contributed by atoms with Crippen molar-refractivity contribution in [3.63, 3.8) is 0 Å². The van der Waals surface area contributed by atoms with E-state index in [9.17, 15) is 4.79 Å². The van der Waals surface area contributed by atoms with Crippen molar-refractivity contribution >= 4 is 23.3 Å². The van der Waals surface area contributed by atoms with Crippen LogP contribution < -0.4 is 14.8 Å². The molecule has 4 rings (SSSR count). The molecule has 1 N–H and O–H groups in total. The highest BCUT2D eigenvalue weighted by atomic mass is 16.5. The Balaban J connectivity index is 1.48. The van der Waals surface area contributed by atoms with E-state index in [-0.39, 0.29) is 5.91 Å². The number of amides is 1. The van der Waals surface area contributed by atoms with Gasteiger partial charge in [0.25, 0.3) is 0 Å². The van der Waals surface area contributed by atoms with E-state index in [0.717, 1.165) is 22.5 Å². The molecule has 2 aromatic carbocycles. The van der Waals surface area contributed by atoms with E-state index < -0.39 is 0 Å². The highest BCUT2D eigenvalue weighted by molar-refractivity contribution is 6.02.